The van der Waals surface area contributed by atoms with Crippen molar-refractivity contribution in [2.45, 2.75) is 13.8 Å². The molecule has 2 heterocycles. The maximum absolute atomic E-state index is 11.9. The number of rotatable bonds is 3. The Morgan fingerprint density at radius 2 is 2.04 bits per heavy atom. The lowest BCUT2D eigenvalue weighted by molar-refractivity contribution is -0.385. The summed E-state index contributed by atoms with van der Waals surface area (Å²) in [6.45, 7) is 3.60. The van der Waals surface area contributed by atoms with Gasteiger partial charge in [-0.05, 0) is 36.9 Å². The number of nitro groups is 1. The third-order valence-electron chi connectivity index (χ3n) is 3.55. The zero-order valence-corrected chi connectivity index (χ0v) is 13.2. The highest BCUT2D eigenvalue weighted by atomic mass is 32.1. The summed E-state index contributed by atoms with van der Waals surface area (Å²) in [5, 5.41) is 16.8. The molecule has 0 fully saturated rings. The van der Waals surface area contributed by atoms with Crippen molar-refractivity contribution in [2.24, 2.45) is 5.16 Å². The van der Waals surface area contributed by atoms with Crippen LogP contribution in [0.4, 0.5) is 5.69 Å². The summed E-state index contributed by atoms with van der Waals surface area (Å²) in [7, 11) is 0. The van der Waals surface area contributed by atoms with Crippen molar-refractivity contribution >= 4 is 34.8 Å². The Balaban J connectivity index is 2.07. The standard InChI is InChI=1S/C16H12N2O4S/c1-9-3-4-11(7-13(9)18(20)21)15-12(16(19)22-17-15)8-14-10(2)5-6-23-14/h3-8H,1-2H3/b12-8-. The van der Waals surface area contributed by atoms with Crippen LogP contribution in [0.1, 0.15) is 21.6 Å². The molecule has 0 unspecified atom stereocenters. The van der Waals surface area contributed by atoms with Gasteiger partial charge in [-0.15, -0.1) is 11.3 Å². The van der Waals surface area contributed by atoms with Crippen LogP contribution in [0.15, 0.2) is 40.4 Å². The van der Waals surface area contributed by atoms with Crippen molar-refractivity contribution in [2.75, 3.05) is 0 Å². The van der Waals surface area contributed by atoms with E-state index in [1.165, 1.54) is 17.4 Å². The first-order valence-corrected chi connectivity index (χ1v) is 7.66. The van der Waals surface area contributed by atoms with Crippen LogP contribution < -0.4 is 0 Å². The largest absolute Gasteiger partial charge is 0.368 e. The molecule has 1 aromatic carbocycles. The minimum Gasteiger partial charge on any atom is -0.312 e. The Morgan fingerprint density at radius 1 is 1.26 bits per heavy atom. The zero-order chi connectivity index (χ0) is 16.6. The fourth-order valence-corrected chi connectivity index (χ4v) is 3.09. The molecule has 0 saturated heterocycles. The summed E-state index contributed by atoms with van der Waals surface area (Å²) in [6, 6.07) is 6.68. The van der Waals surface area contributed by atoms with E-state index in [1.54, 1.807) is 25.1 Å². The van der Waals surface area contributed by atoms with Crippen LogP contribution >= 0.6 is 11.3 Å². The smallest absolute Gasteiger partial charge is 0.312 e. The van der Waals surface area contributed by atoms with Gasteiger partial charge in [-0.2, -0.15) is 0 Å². The number of thiophene rings is 1. The quantitative estimate of drug-likeness (QED) is 0.373. The molecule has 0 saturated carbocycles. The third kappa shape index (κ3) is 2.78. The van der Waals surface area contributed by atoms with Gasteiger partial charge in [-0.25, -0.2) is 4.79 Å². The van der Waals surface area contributed by atoms with Gasteiger partial charge in [-0.1, -0.05) is 17.3 Å². The number of oxime groups is 1. The van der Waals surface area contributed by atoms with E-state index in [2.05, 4.69) is 5.16 Å². The van der Waals surface area contributed by atoms with E-state index in [4.69, 9.17) is 4.84 Å². The van der Waals surface area contributed by atoms with Crippen LogP contribution in [-0.4, -0.2) is 16.6 Å². The van der Waals surface area contributed by atoms with Crippen LogP contribution in [0, 0.1) is 24.0 Å². The van der Waals surface area contributed by atoms with E-state index in [0.717, 1.165) is 10.4 Å². The average Bonchev–Trinajstić information content (AvgIpc) is 3.07. The van der Waals surface area contributed by atoms with Gasteiger partial charge in [0.05, 0.1) is 10.5 Å². The fourth-order valence-electron chi connectivity index (χ4n) is 2.23. The van der Waals surface area contributed by atoms with Crippen molar-refractivity contribution in [3.63, 3.8) is 0 Å². The van der Waals surface area contributed by atoms with Gasteiger partial charge in [0, 0.05) is 22.1 Å². The number of nitrogens with zero attached hydrogens (tertiary/aromatic N) is 2. The molecule has 1 aliphatic heterocycles. The summed E-state index contributed by atoms with van der Waals surface area (Å²) < 4.78 is 0. The minimum absolute atomic E-state index is 0.0174. The van der Waals surface area contributed by atoms with Crippen LogP contribution in [0.3, 0.4) is 0 Å². The van der Waals surface area contributed by atoms with E-state index < -0.39 is 10.9 Å². The van der Waals surface area contributed by atoms with E-state index >= 15 is 0 Å². The maximum atomic E-state index is 11.9. The molecule has 0 N–H and O–H groups in total. The Bertz CT molecular complexity index is 880. The van der Waals surface area contributed by atoms with E-state index in [9.17, 15) is 14.9 Å². The molecule has 23 heavy (non-hydrogen) atoms. The van der Waals surface area contributed by atoms with E-state index in [-0.39, 0.29) is 5.69 Å². The van der Waals surface area contributed by atoms with Crippen LogP contribution in [0.5, 0.6) is 0 Å². The molecule has 0 atom stereocenters. The van der Waals surface area contributed by atoms with Crippen molar-refractivity contribution in [3.8, 4) is 0 Å². The molecule has 1 aromatic heterocycles. The van der Waals surface area contributed by atoms with Crippen LogP contribution in [-0.2, 0) is 9.63 Å². The molecule has 0 spiro atoms. The number of nitro benzene ring substituents is 1. The average molecular weight is 328 g/mol. The summed E-state index contributed by atoms with van der Waals surface area (Å²) in [5.74, 6) is -0.559. The van der Waals surface area contributed by atoms with Crippen LogP contribution in [0.2, 0.25) is 0 Å². The van der Waals surface area contributed by atoms with Gasteiger partial charge in [-0.3, -0.25) is 10.1 Å². The van der Waals surface area contributed by atoms with Gasteiger partial charge >= 0.3 is 5.97 Å². The van der Waals surface area contributed by atoms with Gasteiger partial charge < -0.3 is 4.84 Å². The zero-order valence-electron chi connectivity index (χ0n) is 12.4. The second-order valence-corrected chi connectivity index (χ2v) is 6.05. The number of carbonyl (C=O) groups excluding carboxylic acids is 1. The minimum atomic E-state index is -0.559. The molecular formula is C16H12N2O4S. The highest BCUT2D eigenvalue weighted by Gasteiger charge is 2.28. The topological polar surface area (TPSA) is 81.8 Å². The second kappa shape index (κ2) is 5.77. The molecule has 6 nitrogen and oxygen atoms in total. The van der Waals surface area contributed by atoms with Crippen molar-refractivity contribution in [1.29, 1.82) is 0 Å². The van der Waals surface area contributed by atoms with Crippen molar-refractivity contribution in [1.82, 2.24) is 0 Å². The summed E-state index contributed by atoms with van der Waals surface area (Å²) in [4.78, 5) is 28.3. The Hall–Kier alpha value is -2.80. The molecule has 0 amide bonds. The summed E-state index contributed by atoms with van der Waals surface area (Å²) >= 11 is 1.50. The number of hydrogen-bond acceptors (Lipinski definition) is 6. The molecule has 0 aliphatic carbocycles. The molecule has 0 radical (unpaired) electrons. The Morgan fingerprint density at radius 3 is 2.70 bits per heavy atom. The molecule has 1 aliphatic rings. The summed E-state index contributed by atoms with van der Waals surface area (Å²) in [5.41, 5.74) is 2.66. The maximum Gasteiger partial charge on any atom is 0.368 e. The molecule has 7 heteroatoms. The van der Waals surface area contributed by atoms with Gasteiger partial charge in [0.2, 0.25) is 0 Å². The van der Waals surface area contributed by atoms with E-state index in [1.807, 2.05) is 18.4 Å². The van der Waals surface area contributed by atoms with Gasteiger partial charge in [0.25, 0.3) is 5.69 Å². The number of benzene rings is 1. The third-order valence-corrected chi connectivity index (χ3v) is 4.52. The predicted octanol–water partition coefficient (Wildman–Crippen LogP) is 3.62. The highest BCUT2D eigenvalue weighted by molar-refractivity contribution is 7.11. The van der Waals surface area contributed by atoms with Gasteiger partial charge in [0.1, 0.15) is 5.71 Å². The fraction of sp³-hybridized carbons (Fsp3) is 0.125. The molecular weight excluding hydrogens is 316 g/mol. The van der Waals surface area contributed by atoms with Crippen LogP contribution in [0.25, 0.3) is 6.08 Å². The first kappa shape index (κ1) is 15.1. The van der Waals surface area contributed by atoms with Crippen molar-refractivity contribution in [3.05, 3.63) is 66.9 Å². The number of carbonyl (C=O) groups is 1. The number of hydrogen-bond donors (Lipinski definition) is 0. The SMILES string of the molecule is Cc1ccc(C2=NOC(=O)/C2=C\c2sccc2C)cc1[N+](=O)[O-]. The molecule has 116 valence electrons. The number of aryl methyl sites for hydroxylation is 2. The normalized spacial score (nSPS) is 15.7. The first-order chi connectivity index (χ1) is 11.0. The highest BCUT2D eigenvalue weighted by Crippen LogP contribution is 2.27. The van der Waals surface area contributed by atoms with Crippen molar-refractivity contribution < 1.29 is 14.6 Å². The Labute approximate surface area is 135 Å². The Kier molecular flexibility index (Phi) is 3.79. The monoisotopic (exact) mass is 328 g/mol. The lowest BCUT2D eigenvalue weighted by Crippen LogP contribution is -2.07. The lowest BCUT2D eigenvalue weighted by Gasteiger charge is -2.03. The predicted molar refractivity (Wildman–Crippen MR) is 87.5 cm³/mol. The van der Waals surface area contributed by atoms with Gasteiger partial charge in [0.15, 0.2) is 0 Å². The lowest BCUT2D eigenvalue weighted by atomic mass is 10.00. The molecule has 0 bridgehead atoms. The van der Waals surface area contributed by atoms with E-state index in [0.29, 0.717) is 22.4 Å². The first-order valence-electron chi connectivity index (χ1n) is 6.78. The molecule has 3 rings (SSSR count). The molecule has 2 aromatic rings. The second-order valence-electron chi connectivity index (χ2n) is 5.10. The summed E-state index contributed by atoms with van der Waals surface area (Å²) in [6.07, 6.45) is 1.71.